The van der Waals surface area contributed by atoms with Gasteiger partial charge in [0.1, 0.15) is 0 Å². The molecule has 0 bridgehead atoms. The van der Waals surface area contributed by atoms with E-state index in [9.17, 15) is 0 Å². The lowest BCUT2D eigenvalue weighted by Gasteiger charge is -2.41. The van der Waals surface area contributed by atoms with Crippen LogP contribution in [0.5, 0.6) is 5.75 Å². The molecule has 2 rings (SSSR count). The maximum Gasteiger partial charge on any atom is 0.171 e. The van der Waals surface area contributed by atoms with Gasteiger partial charge < -0.3 is 15.4 Å². The Morgan fingerprint density at radius 1 is 1.71 bits per heavy atom. The van der Waals surface area contributed by atoms with Crippen LogP contribution in [0.2, 0.25) is 0 Å². The van der Waals surface area contributed by atoms with E-state index in [0.717, 1.165) is 24.5 Å². The highest BCUT2D eigenvalue weighted by molar-refractivity contribution is 5.54. The molecule has 1 aromatic rings. The Kier molecular flexibility index (Phi) is 2.54. The molecule has 76 valence electrons. The summed E-state index contributed by atoms with van der Waals surface area (Å²) < 4.78 is 5.25. The number of ether oxygens (including phenoxy) is 1. The van der Waals surface area contributed by atoms with Crippen molar-refractivity contribution in [2.75, 3.05) is 25.1 Å². The first-order valence-electron chi connectivity index (χ1n) is 4.82. The summed E-state index contributed by atoms with van der Waals surface area (Å²) in [6.45, 7) is 1.70. The van der Waals surface area contributed by atoms with Crippen LogP contribution in [0.25, 0.3) is 0 Å². The van der Waals surface area contributed by atoms with Gasteiger partial charge in [-0.3, -0.25) is 0 Å². The molecule has 2 heterocycles. The van der Waals surface area contributed by atoms with Gasteiger partial charge in [0, 0.05) is 25.3 Å². The highest BCUT2D eigenvalue weighted by atomic mass is 16.5. The summed E-state index contributed by atoms with van der Waals surface area (Å²) in [7, 11) is 1.66. The number of rotatable bonds is 3. The molecule has 0 saturated carbocycles. The van der Waals surface area contributed by atoms with Crippen molar-refractivity contribution in [2.45, 2.75) is 12.5 Å². The van der Waals surface area contributed by atoms with Crippen molar-refractivity contribution in [1.82, 2.24) is 4.98 Å². The minimum atomic E-state index is 0.429. The van der Waals surface area contributed by atoms with Gasteiger partial charge in [-0.25, -0.2) is 4.98 Å². The number of hydrogen-bond donors (Lipinski definition) is 1. The second-order valence-corrected chi connectivity index (χ2v) is 3.40. The molecule has 1 atom stereocenters. The van der Waals surface area contributed by atoms with Crippen LogP contribution in [0, 0.1) is 0 Å². The summed E-state index contributed by atoms with van der Waals surface area (Å²) in [4.78, 5) is 6.51. The van der Waals surface area contributed by atoms with Gasteiger partial charge in [0.2, 0.25) is 0 Å². The molecule has 0 aliphatic carbocycles. The largest absolute Gasteiger partial charge is 0.493 e. The minimum absolute atomic E-state index is 0.429. The quantitative estimate of drug-likeness (QED) is 0.765. The molecular weight excluding hydrogens is 178 g/mol. The van der Waals surface area contributed by atoms with Gasteiger partial charge in [-0.2, -0.15) is 0 Å². The lowest BCUT2D eigenvalue weighted by molar-refractivity contribution is 0.396. The second-order valence-electron chi connectivity index (χ2n) is 3.40. The topological polar surface area (TPSA) is 51.4 Å². The van der Waals surface area contributed by atoms with Gasteiger partial charge >= 0.3 is 0 Å². The fourth-order valence-corrected chi connectivity index (χ4v) is 1.72. The van der Waals surface area contributed by atoms with Crippen molar-refractivity contribution in [3.05, 3.63) is 18.3 Å². The first-order chi connectivity index (χ1) is 6.86. The summed E-state index contributed by atoms with van der Waals surface area (Å²) >= 11 is 0. The van der Waals surface area contributed by atoms with Crippen molar-refractivity contribution < 1.29 is 4.74 Å². The molecule has 4 nitrogen and oxygen atoms in total. The highest BCUT2D eigenvalue weighted by Crippen LogP contribution is 2.31. The van der Waals surface area contributed by atoms with Gasteiger partial charge in [-0.05, 0) is 18.6 Å². The van der Waals surface area contributed by atoms with Gasteiger partial charge in [0.25, 0.3) is 0 Å². The summed E-state index contributed by atoms with van der Waals surface area (Å²) in [5.41, 5.74) is 5.64. The summed E-state index contributed by atoms with van der Waals surface area (Å²) in [6.07, 6.45) is 2.93. The number of hydrogen-bond acceptors (Lipinski definition) is 4. The number of aromatic nitrogens is 1. The van der Waals surface area contributed by atoms with E-state index < -0.39 is 0 Å². The van der Waals surface area contributed by atoms with E-state index in [1.54, 1.807) is 13.3 Å². The van der Waals surface area contributed by atoms with Crippen molar-refractivity contribution in [3.8, 4) is 5.75 Å². The van der Waals surface area contributed by atoms with E-state index in [0.29, 0.717) is 12.6 Å². The Labute approximate surface area is 83.7 Å². The minimum Gasteiger partial charge on any atom is -0.493 e. The molecule has 1 unspecified atom stereocenters. The monoisotopic (exact) mass is 193 g/mol. The lowest BCUT2D eigenvalue weighted by atomic mass is 10.0. The molecule has 0 radical (unpaired) electrons. The third kappa shape index (κ3) is 1.42. The van der Waals surface area contributed by atoms with Crippen molar-refractivity contribution in [1.29, 1.82) is 0 Å². The van der Waals surface area contributed by atoms with Crippen LogP contribution in [0.15, 0.2) is 18.3 Å². The van der Waals surface area contributed by atoms with E-state index >= 15 is 0 Å². The van der Waals surface area contributed by atoms with Crippen LogP contribution in [0.3, 0.4) is 0 Å². The third-order valence-corrected chi connectivity index (χ3v) is 2.66. The average molecular weight is 193 g/mol. The molecule has 1 aliphatic heterocycles. The molecule has 1 aromatic heterocycles. The van der Waals surface area contributed by atoms with E-state index in [-0.39, 0.29) is 0 Å². The molecule has 1 saturated heterocycles. The first-order valence-corrected chi connectivity index (χ1v) is 4.82. The molecule has 4 heteroatoms. The molecule has 1 aliphatic rings. The fourth-order valence-electron chi connectivity index (χ4n) is 1.72. The number of pyridine rings is 1. The number of methoxy groups -OCH3 is 1. The molecule has 2 N–H and O–H groups in total. The molecule has 14 heavy (non-hydrogen) atoms. The predicted molar refractivity (Wildman–Crippen MR) is 55.6 cm³/mol. The van der Waals surface area contributed by atoms with Crippen LogP contribution in [0.1, 0.15) is 6.42 Å². The Balaban J connectivity index is 2.22. The Morgan fingerprint density at radius 3 is 3.14 bits per heavy atom. The first kappa shape index (κ1) is 9.27. The van der Waals surface area contributed by atoms with E-state index in [1.807, 2.05) is 12.1 Å². The van der Waals surface area contributed by atoms with Crippen LogP contribution >= 0.6 is 0 Å². The van der Waals surface area contributed by atoms with Gasteiger partial charge in [0.15, 0.2) is 11.6 Å². The van der Waals surface area contributed by atoms with E-state index in [1.165, 1.54) is 0 Å². The zero-order valence-corrected chi connectivity index (χ0v) is 8.31. The van der Waals surface area contributed by atoms with E-state index in [4.69, 9.17) is 10.5 Å². The highest BCUT2D eigenvalue weighted by Gasteiger charge is 2.29. The number of nitrogens with two attached hydrogens (primary N) is 1. The van der Waals surface area contributed by atoms with Crippen LogP contribution in [-0.2, 0) is 0 Å². The van der Waals surface area contributed by atoms with E-state index in [2.05, 4.69) is 9.88 Å². The van der Waals surface area contributed by atoms with Gasteiger partial charge in [-0.1, -0.05) is 0 Å². The molecule has 0 amide bonds. The summed E-state index contributed by atoms with van der Waals surface area (Å²) in [5, 5.41) is 0. The molecule has 0 spiro atoms. The van der Waals surface area contributed by atoms with Crippen LogP contribution in [-0.4, -0.2) is 31.2 Å². The Bertz CT molecular complexity index is 314. The van der Waals surface area contributed by atoms with Crippen molar-refractivity contribution >= 4 is 5.82 Å². The second kappa shape index (κ2) is 3.84. The maximum absolute atomic E-state index is 5.64. The van der Waals surface area contributed by atoms with Gasteiger partial charge in [-0.15, -0.1) is 0 Å². The normalized spacial score (nSPS) is 20.4. The standard InChI is InChI=1S/C10H15N3O/c1-14-9-3-2-5-12-10(9)13-6-4-8(13)7-11/h2-3,5,8H,4,6-7,11H2,1H3. The summed E-state index contributed by atoms with van der Waals surface area (Å²) in [5.74, 6) is 1.74. The maximum atomic E-state index is 5.64. The Hall–Kier alpha value is -1.29. The van der Waals surface area contributed by atoms with Crippen molar-refractivity contribution in [3.63, 3.8) is 0 Å². The van der Waals surface area contributed by atoms with Crippen molar-refractivity contribution in [2.24, 2.45) is 5.73 Å². The smallest absolute Gasteiger partial charge is 0.171 e. The molecular formula is C10H15N3O. The van der Waals surface area contributed by atoms with Crippen LogP contribution in [0.4, 0.5) is 5.82 Å². The lowest BCUT2D eigenvalue weighted by Crippen LogP contribution is -2.52. The third-order valence-electron chi connectivity index (χ3n) is 2.66. The molecule has 0 aromatic carbocycles. The fraction of sp³-hybridized carbons (Fsp3) is 0.500. The zero-order valence-electron chi connectivity index (χ0n) is 8.31. The number of anilines is 1. The average Bonchev–Trinajstić information content (AvgIpc) is 2.18. The summed E-state index contributed by atoms with van der Waals surface area (Å²) in [6, 6.07) is 4.23. The Morgan fingerprint density at radius 2 is 2.57 bits per heavy atom. The predicted octanol–water partition coefficient (Wildman–Crippen LogP) is 0.628. The van der Waals surface area contributed by atoms with Crippen LogP contribution < -0.4 is 15.4 Å². The molecule has 1 fully saturated rings. The zero-order chi connectivity index (χ0) is 9.97. The SMILES string of the molecule is COc1cccnc1N1CCC1CN. The number of nitrogens with zero attached hydrogens (tertiary/aromatic N) is 2. The van der Waals surface area contributed by atoms with Gasteiger partial charge in [0.05, 0.1) is 7.11 Å².